The standard InChI is InChI=1S/C14H12ClN3/c1-18(2)14(15)8-13(12(9-16)10-17)11-6-4-3-5-7-11/h3-8H,1-2H3/b14-8+. The minimum absolute atomic E-state index is 0.0428. The summed E-state index contributed by atoms with van der Waals surface area (Å²) in [6.07, 6.45) is 1.62. The molecule has 0 unspecified atom stereocenters. The fourth-order valence-electron chi connectivity index (χ4n) is 1.31. The lowest BCUT2D eigenvalue weighted by Crippen LogP contribution is -2.06. The molecule has 1 aromatic rings. The highest BCUT2D eigenvalue weighted by atomic mass is 35.5. The van der Waals surface area contributed by atoms with Gasteiger partial charge in [0.1, 0.15) is 22.9 Å². The van der Waals surface area contributed by atoms with Crippen molar-refractivity contribution in [2.24, 2.45) is 0 Å². The first-order valence-electron chi connectivity index (χ1n) is 5.24. The predicted molar refractivity (Wildman–Crippen MR) is 72.2 cm³/mol. The number of halogens is 1. The second-order valence-electron chi connectivity index (χ2n) is 3.74. The van der Waals surface area contributed by atoms with Crippen LogP contribution in [0.25, 0.3) is 5.57 Å². The molecule has 0 bridgehead atoms. The summed E-state index contributed by atoms with van der Waals surface area (Å²) in [7, 11) is 3.58. The van der Waals surface area contributed by atoms with Gasteiger partial charge in [-0.3, -0.25) is 0 Å². The van der Waals surface area contributed by atoms with Gasteiger partial charge in [-0.25, -0.2) is 0 Å². The maximum absolute atomic E-state index is 8.99. The highest BCUT2D eigenvalue weighted by Gasteiger charge is 2.08. The molecule has 0 radical (unpaired) electrons. The van der Waals surface area contributed by atoms with Crippen LogP contribution < -0.4 is 0 Å². The molecule has 4 heteroatoms. The van der Waals surface area contributed by atoms with Crippen molar-refractivity contribution in [2.45, 2.75) is 0 Å². The van der Waals surface area contributed by atoms with Crippen molar-refractivity contribution in [1.82, 2.24) is 4.90 Å². The third-order valence-electron chi connectivity index (χ3n) is 2.27. The van der Waals surface area contributed by atoms with Gasteiger partial charge in [-0.2, -0.15) is 10.5 Å². The van der Waals surface area contributed by atoms with Gasteiger partial charge in [-0.15, -0.1) is 0 Å². The van der Waals surface area contributed by atoms with Crippen LogP contribution in [0.3, 0.4) is 0 Å². The van der Waals surface area contributed by atoms with Crippen LogP contribution in [-0.2, 0) is 0 Å². The fourth-order valence-corrected chi connectivity index (χ4v) is 1.42. The number of hydrogen-bond acceptors (Lipinski definition) is 3. The lowest BCUT2D eigenvalue weighted by atomic mass is 10.0. The van der Waals surface area contributed by atoms with Crippen molar-refractivity contribution in [3.05, 3.63) is 52.7 Å². The van der Waals surface area contributed by atoms with Crippen LogP contribution in [0.5, 0.6) is 0 Å². The van der Waals surface area contributed by atoms with Gasteiger partial charge in [-0.1, -0.05) is 41.9 Å². The molecule has 3 nitrogen and oxygen atoms in total. The van der Waals surface area contributed by atoms with E-state index in [0.717, 1.165) is 5.56 Å². The molecule has 0 saturated heterocycles. The Morgan fingerprint density at radius 3 is 2.17 bits per heavy atom. The molecule has 1 aromatic carbocycles. The first-order chi connectivity index (χ1) is 8.60. The number of allylic oxidation sites excluding steroid dienone is 3. The van der Waals surface area contributed by atoms with Crippen LogP contribution in [0.4, 0.5) is 0 Å². The Bertz CT molecular complexity index is 541. The Labute approximate surface area is 112 Å². The second-order valence-corrected chi connectivity index (χ2v) is 4.13. The summed E-state index contributed by atoms with van der Waals surface area (Å²) in [5, 5.41) is 18.4. The summed E-state index contributed by atoms with van der Waals surface area (Å²) in [6, 6.07) is 13.0. The van der Waals surface area contributed by atoms with E-state index < -0.39 is 0 Å². The van der Waals surface area contributed by atoms with E-state index in [2.05, 4.69) is 0 Å². The summed E-state index contributed by atoms with van der Waals surface area (Å²) in [4.78, 5) is 1.71. The number of nitrogens with zero attached hydrogens (tertiary/aromatic N) is 3. The van der Waals surface area contributed by atoms with E-state index in [1.807, 2.05) is 42.5 Å². The molecule has 0 amide bonds. The van der Waals surface area contributed by atoms with Crippen LogP contribution in [0.15, 0.2) is 47.1 Å². The zero-order valence-electron chi connectivity index (χ0n) is 10.2. The molecule has 0 aliphatic heterocycles. The average Bonchev–Trinajstić information content (AvgIpc) is 2.39. The largest absolute Gasteiger partial charge is 0.368 e. The molecule has 0 spiro atoms. The van der Waals surface area contributed by atoms with Gasteiger partial charge in [0.15, 0.2) is 0 Å². The van der Waals surface area contributed by atoms with Crippen molar-refractivity contribution in [3.63, 3.8) is 0 Å². The topological polar surface area (TPSA) is 50.8 Å². The minimum Gasteiger partial charge on any atom is -0.368 e. The second kappa shape index (κ2) is 6.49. The van der Waals surface area contributed by atoms with E-state index in [0.29, 0.717) is 10.7 Å². The summed E-state index contributed by atoms with van der Waals surface area (Å²) < 4.78 is 0. The number of benzene rings is 1. The molecule has 18 heavy (non-hydrogen) atoms. The van der Waals surface area contributed by atoms with Crippen molar-refractivity contribution in [1.29, 1.82) is 10.5 Å². The number of hydrogen-bond donors (Lipinski definition) is 0. The van der Waals surface area contributed by atoms with Crippen molar-refractivity contribution >= 4 is 17.2 Å². The molecule has 0 atom stereocenters. The van der Waals surface area contributed by atoms with Crippen LogP contribution in [0.1, 0.15) is 5.56 Å². The smallest absolute Gasteiger partial charge is 0.137 e. The number of nitriles is 2. The Hall–Kier alpha value is -2.23. The quantitative estimate of drug-likeness (QED) is 0.475. The monoisotopic (exact) mass is 257 g/mol. The Kier molecular flexibility index (Phi) is 4.99. The summed E-state index contributed by atoms with van der Waals surface area (Å²) in [5.41, 5.74) is 1.36. The Morgan fingerprint density at radius 2 is 1.72 bits per heavy atom. The zero-order valence-corrected chi connectivity index (χ0v) is 10.9. The average molecular weight is 258 g/mol. The van der Waals surface area contributed by atoms with Gasteiger partial charge in [0.25, 0.3) is 0 Å². The first-order valence-corrected chi connectivity index (χ1v) is 5.62. The van der Waals surface area contributed by atoms with E-state index in [9.17, 15) is 0 Å². The van der Waals surface area contributed by atoms with Crippen molar-refractivity contribution < 1.29 is 0 Å². The summed E-state index contributed by atoms with van der Waals surface area (Å²) in [5.74, 6) is 0. The zero-order chi connectivity index (χ0) is 13.5. The van der Waals surface area contributed by atoms with Crippen LogP contribution in [0, 0.1) is 22.7 Å². The van der Waals surface area contributed by atoms with E-state index in [1.165, 1.54) is 0 Å². The number of rotatable bonds is 3. The fraction of sp³-hybridized carbons (Fsp3) is 0.143. The predicted octanol–water partition coefficient (Wildman–Crippen LogP) is 3.13. The molecular formula is C14H12ClN3. The molecule has 0 aliphatic carbocycles. The Morgan fingerprint density at radius 1 is 1.17 bits per heavy atom. The third-order valence-corrected chi connectivity index (χ3v) is 2.72. The maximum Gasteiger partial charge on any atom is 0.137 e. The summed E-state index contributed by atoms with van der Waals surface area (Å²) in [6.45, 7) is 0. The molecule has 0 saturated carbocycles. The molecule has 0 fully saturated rings. The van der Waals surface area contributed by atoms with Gasteiger partial charge < -0.3 is 4.90 Å². The highest BCUT2D eigenvalue weighted by Crippen LogP contribution is 2.23. The van der Waals surface area contributed by atoms with Crippen LogP contribution in [-0.4, -0.2) is 19.0 Å². The van der Waals surface area contributed by atoms with Crippen LogP contribution in [0.2, 0.25) is 0 Å². The van der Waals surface area contributed by atoms with Gasteiger partial charge in [0, 0.05) is 19.7 Å². The van der Waals surface area contributed by atoms with E-state index in [-0.39, 0.29) is 5.57 Å². The van der Waals surface area contributed by atoms with Crippen LogP contribution >= 0.6 is 11.6 Å². The van der Waals surface area contributed by atoms with Gasteiger partial charge in [-0.05, 0) is 11.6 Å². The lowest BCUT2D eigenvalue weighted by Gasteiger charge is -2.11. The molecule has 90 valence electrons. The Balaban J connectivity index is 3.41. The maximum atomic E-state index is 8.99. The molecule has 0 heterocycles. The third kappa shape index (κ3) is 3.38. The molecule has 0 N–H and O–H groups in total. The van der Waals surface area contributed by atoms with Gasteiger partial charge in [0.2, 0.25) is 0 Å². The SMILES string of the molecule is CN(C)/C(Cl)=C/C(=C(C#N)C#N)c1ccccc1. The normalized spacial score (nSPS) is 10.2. The van der Waals surface area contributed by atoms with E-state index >= 15 is 0 Å². The van der Waals surface area contributed by atoms with Gasteiger partial charge in [0.05, 0.1) is 0 Å². The first kappa shape index (κ1) is 13.8. The van der Waals surface area contributed by atoms with Crippen molar-refractivity contribution in [3.8, 4) is 12.1 Å². The summed E-state index contributed by atoms with van der Waals surface area (Å²) >= 11 is 6.05. The van der Waals surface area contributed by atoms with E-state index in [1.54, 1.807) is 25.1 Å². The van der Waals surface area contributed by atoms with Gasteiger partial charge >= 0.3 is 0 Å². The van der Waals surface area contributed by atoms with Crippen molar-refractivity contribution in [2.75, 3.05) is 14.1 Å². The van der Waals surface area contributed by atoms with E-state index in [4.69, 9.17) is 22.1 Å². The minimum atomic E-state index is 0.0428. The highest BCUT2D eigenvalue weighted by molar-refractivity contribution is 6.29. The molecule has 1 rings (SSSR count). The molecule has 0 aliphatic rings. The molecular weight excluding hydrogens is 246 g/mol. The molecule has 0 aromatic heterocycles. The lowest BCUT2D eigenvalue weighted by molar-refractivity contribution is 0.547.